The lowest BCUT2D eigenvalue weighted by Gasteiger charge is -2.54. The van der Waals surface area contributed by atoms with Gasteiger partial charge in [0.1, 0.15) is 11.5 Å². The largest absolute Gasteiger partial charge is 0.496 e. The van der Waals surface area contributed by atoms with E-state index in [1.807, 2.05) is 24.3 Å². The first-order valence-corrected chi connectivity index (χ1v) is 9.83. The summed E-state index contributed by atoms with van der Waals surface area (Å²) in [6, 6.07) is 16.7. The molecule has 4 heteroatoms. The second kappa shape index (κ2) is 7.53. The van der Waals surface area contributed by atoms with E-state index in [0.717, 1.165) is 41.9 Å². The number of likely N-dealkylation sites (tertiary alicyclic amines) is 1. The highest BCUT2D eigenvalue weighted by Crippen LogP contribution is 2.55. The van der Waals surface area contributed by atoms with Crippen molar-refractivity contribution in [1.82, 2.24) is 4.90 Å². The number of aliphatic hydroxyl groups excluding tert-OH is 1. The van der Waals surface area contributed by atoms with Gasteiger partial charge in [0, 0.05) is 35.0 Å². The van der Waals surface area contributed by atoms with E-state index in [0.29, 0.717) is 0 Å². The van der Waals surface area contributed by atoms with Crippen molar-refractivity contribution in [3.8, 4) is 11.5 Å². The zero-order valence-corrected chi connectivity index (χ0v) is 16.3. The Morgan fingerprint density at radius 3 is 1.70 bits per heavy atom. The smallest absolute Gasteiger partial charge is 0.123 e. The monoisotopic (exact) mass is 367 g/mol. The van der Waals surface area contributed by atoms with Gasteiger partial charge in [-0.05, 0) is 32.0 Å². The number of nitrogens with zero attached hydrogens (tertiary/aromatic N) is 1. The molecule has 1 saturated heterocycles. The van der Waals surface area contributed by atoms with E-state index < -0.39 is 0 Å². The van der Waals surface area contributed by atoms with Gasteiger partial charge in [-0.1, -0.05) is 42.8 Å². The Morgan fingerprint density at radius 2 is 1.26 bits per heavy atom. The molecule has 2 aliphatic rings. The molecule has 0 amide bonds. The fourth-order valence-electron chi connectivity index (χ4n) is 5.44. The highest BCUT2D eigenvalue weighted by molar-refractivity contribution is 5.41. The number of para-hydroxylation sites is 2. The number of piperidine rings is 1. The number of fused-ring (bicyclic) bond motifs is 2. The molecule has 1 saturated carbocycles. The van der Waals surface area contributed by atoms with E-state index in [9.17, 15) is 5.11 Å². The van der Waals surface area contributed by atoms with Gasteiger partial charge in [-0.15, -0.1) is 0 Å². The summed E-state index contributed by atoms with van der Waals surface area (Å²) in [6.07, 6.45) is 2.92. The minimum absolute atomic E-state index is 0.114. The molecule has 0 spiro atoms. The molecule has 4 rings (SSSR count). The Kier molecular flexibility index (Phi) is 5.11. The van der Waals surface area contributed by atoms with Crippen molar-refractivity contribution in [1.29, 1.82) is 0 Å². The van der Waals surface area contributed by atoms with Crippen LogP contribution >= 0.6 is 0 Å². The maximum Gasteiger partial charge on any atom is 0.123 e. The van der Waals surface area contributed by atoms with Crippen LogP contribution in [0, 0.1) is 11.8 Å². The van der Waals surface area contributed by atoms with Gasteiger partial charge in [0.25, 0.3) is 0 Å². The number of hydrogen-bond acceptors (Lipinski definition) is 4. The van der Waals surface area contributed by atoms with Crippen LogP contribution in [0.3, 0.4) is 0 Å². The summed E-state index contributed by atoms with van der Waals surface area (Å²) in [5, 5.41) is 11.3. The molecular weight excluding hydrogens is 338 g/mol. The average Bonchev–Trinajstić information content (AvgIpc) is 2.70. The van der Waals surface area contributed by atoms with Crippen molar-refractivity contribution in [3.05, 3.63) is 59.7 Å². The van der Waals surface area contributed by atoms with Crippen molar-refractivity contribution in [2.24, 2.45) is 11.8 Å². The van der Waals surface area contributed by atoms with E-state index in [4.69, 9.17) is 9.47 Å². The van der Waals surface area contributed by atoms with Crippen LogP contribution in [-0.4, -0.2) is 37.4 Å². The maximum atomic E-state index is 11.3. The van der Waals surface area contributed by atoms with Crippen molar-refractivity contribution < 1.29 is 14.6 Å². The molecule has 2 bridgehead atoms. The molecule has 2 aromatic carbocycles. The molecule has 1 aliphatic heterocycles. The summed E-state index contributed by atoms with van der Waals surface area (Å²) in [7, 11) is 5.63. The van der Waals surface area contributed by atoms with Crippen LogP contribution in [0.2, 0.25) is 0 Å². The van der Waals surface area contributed by atoms with E-state index >= 15 is 0 Å². The standard InChI is InChI=1S/C23H29NO3/c1-24-21(15-9-4-6-13-19(15)26-2)17-11-8-12-18(23(17)25)22(24)16-10-5-7-14-20(16)27-3/h4-7,9-10,13-14,17-18,21-23,25H,8,11-12H2,1-3H3/t17-,18+,21+,22-,23?. The van der Waals surface area contributed by atoms with Crippen molar-refractivity contribution in [3.63, 3.8) is 0 Å². The topological polar surface area (TPSA) is 41.9 Å². The zero-order chi connectivity index (χ0) is 19.0. The Morgan fingerprint density at radius 1 is 0.815 bits per heavy atom. The van der Waals surface area contributed by atoms with Gasteiger partial charge in [-0.25, -0.2) is 0 Å². The number of aliphatic hydroxyl groups is 1. The summed E-state index contributed by atoms with van der Waals surface area (Å²) in [5.41, 5.74) is 2.32. The lowest BCUT2D eigenvalue weighted by molar-refractivity contribution is -0.112. The first-order valence-electron chi connectivity index (χ1n) is 9.83. The third-order valence-corrected chi connectivity index (χ3v) is 6.56. The highest BCUT2D eigenvalue weighted by atomic mass is 16.5. The highest BCUT2D eigenvalue weighted by Gasteiger charge is 2.50. The molecule has 1 aliphatic carbocycles. The fourth-order valence-corrected chi connectivity index (χ4v) is 5.44. The molecule has 0 aromatic heterocycles. The van der Waals surface area contributed by atoms with Crippen LogP contribution in [0.1, 0.15) is 42.5 Å². The SMILES string of the molecule is COc1ccccc1[C@@H]1[C@@H]2CCC[C@@H](C2O)[C@H](c2ccccc2OC)N1C. The van der Waals surface area contributed by atoms with Crippen molar-refractivity contribution in [2.45, 2.75) is 37.5 Å². The molecular formula is C23H29NO3. The van der Waals surface area contributed by atoms with Crippen molar-refractivity contribution >= 4 is 0 Å². The Hall–Kier alpha value is -2.04. The normalized spacial score (nSPS) is 30.7. The summed E-state index contributed by atoms with van der Waals surface area (Å²) in [5.74, 6) is 2.22. The van der Waals surface area contributed by atoms with Crippen LogP contribution in [0.5, 0.6) is 11.5 Å². The van der Waals surface area contributed by atoms with E-state index in [2.05, 4.69) is 36.2 Å². The number of hydrogen-bond donors (Lipinski definition) is 1. The summed E-state index contributed by atoms with van der Waals surface area (Å²) < 4.78 is 11.3. The number of methoxy groups -OCH3 is 2. The second-order valence-electron chi connectivity index (χ2n) is 7.79. The van der Waals surface area contributed by atoms with Gasteiger partial charge in [0.2, 0.25) is 0 Å². The third-order valence-electron chi connectivity index (χ3n) is 6.56. The lowest BCUT2D eigenvalue weighted by atomic mass is 9.65. The molecule has 5 atom stereocenters. The Bertz CT molecular complexity index is 729. The molecule has 27 heavy (non-hydrogen) atoms. The van der Waals surface area contributed by atoms with Crippen molar-refractivity contribution in [2.75, 3.05) is 21.3 Å². The van der Waals surface area contributed by atoms with Crippen LogP contribution in [0.25, 0.3) is 0 Å². The first kappa shape index (κ1) is 18.3. The summed E-state index contributed by atoms with van der Waals surface area (Å²) >= 11 is 0. The number of ether oxygens (including phenoxy) is 2. The molecule has 2 fully saturated rings. The summed E-state index contributed by atoms with van der Waals surface area (Å²) in [6.45, 7) is 0. The molecule has 0 radical (unpaired) electrons. The van der Waals surface area contributed by atoms with Crippen LogP contribution in [0.15, 0.2) is 48.5 Å². The molecule has 4 nitrogen and oxygen atoms in total. The van der Waals surface area contributed by atoms with Gasteiger partial charge in [-0.3, -0.25) is 4.90 Å². The fraction of sp³-hybridized carbons (Fsp3) is 0.478. The number of benzene rings is 2. The predicted molar refractivity (Wildman–Crippen MR) is 106 cm³/mol. The van der Waals surface area contributed by atoms with Crippen LogP contribution < -0.4 is 9.47 Å². The molecule has 1 heterocycles. The molecule has 144 valence electrons. The van der Waals surface area contributed by atoms with Gasteiger partial charge in [-0.2, -0.15) is 0 Å². The molecule has 1 N–H and O–H groups in total. The maximum absolute atomic E-state index is 11.3. The van der Waals surface area contributed by atoms with Crippen LogP contribution in [0.4, 0.5) is 0 Å². The first-order chi connectivity index (χ1) is 13.2. The predicted octanol–water partition coefficient (Wildman–Crippen LogP) is 4.21. The van der Waals surface area contributed by atoms with Crippen LogP contribution in [-0.2, 0) is 0 Å². The number of rotatable bonds is 4. The minimum atomic E-state index is -0.320. The van der Waals surface area contributed by atoms with Gasteiger partial charge >= 0.3 is 0 Å². The van der Waals surface area contributed by atoms with E-state index in [-0.39, 0.29) is 30.0 Å². The lowest BCUT2D eigenvalue weighted by Crippen LogP contribution is -2.53. The third kappa shape index (κ3) is 3.01. The van der Waals surface area contributed by atoms with Gasteiger partial charge < -0.3 is 14.6 Å². The average molecular weight is 367 g/mol. The zero-order valence-electron chi connectivity index (χ0n) is 16.3. The van der Waals surface area contributed by atoms with E-state index in [1.54, 1.807) is 14.2 Å². The Labute approximate surface area is 161 Å². The van der Waals surface area contributed by atoms with E-state index in [1.165, 1.54) is 0 Å². The minimum Gasteiger partial charge on any atom is -0.496 e. The molecule has 2 aromatic rings. The van der Waals surface area contributed by atoms with Gasteiger partial charge in [0.05, 0.1) is 20.3 Å². The summed E-state index contributed by atoms with van der Waals surface area (Å²) in [4.78, 5) is 2.44. The Balaban J connectivity index is 1.83. The van der Waals surface area contributed by atoms with Gasteiger partial charge in [0.15, 0.2) is 0 Å². The molecule has 1 unspecified atom stereocenters. The quantitative estimate of drug-likeness (QED) is 0.879. The second-order valence-corrected chi connectivity index (χ2v) is 7.79.